The van der Waals surface area contributed by atoms with Gasteiger partial charge >= 0.3 is 0 Å². The van der Waals surface area contributed by atoms with Gasteiger partial charge < -0.3 is 4.98 Å². The van der Waals surface area contributed by atoms with E-state index in [1.807, 2.05) is 42.5 Å². The van der Waals surface area contributed by atoms with Gasteiger partial charge in [0.15, 0.2) is 0 Å². The van der Waals surface area contributed by atoms with Gasteiger partial charge in [-0.05, 0) is 35.4 Å². The molecule has 106 valence electrons. The lowest BCUT2D eigenvalue weighted by atomic mass is 9.99. The molecule has 4 aromatic rings. The molecule has 2 aromatic carbocycles. The molecule has 2 nitrogen and oxygen atoms in total. The van der Waals surface area contributed by atoms with Crippen LogP contribution in [0.1, 0.15) is 0 Å². The van der Waals surface area contributed by atoms with Crippen LogP contribution in [0.5, 0.6) is 0 Å². The average molecular weight is 305 g/mol. The maximum atomic E-state index is 6.19. The fraction of sp³-hybridized carbons (Fsp3) is 0. The van der Waals surface area contributed by atoms with Crippen molar-refractivity contribution in [3.05, 3.63) is 77.9 Å². The van der Waals surface area contributed by atoms with E-state index in [-0.39, 0.29) is 0 Å². The Morgan fingerprint density at radius 3 is 2.45 bits per heavy atom. The lowest BCUT2D eigenvalue weighted by Gasteiger charge is -2.06. The zero-order valence-corrected chi connectivity index (χ0v) is 12.5. The Morgan fingerprint density at radius 2 is 1.64 bits per heavy atom. The lowest BCUT2D eigenvalue weighted by molar-refractivity contribution is 1.32. The van der Waals surface area contributed by atoms with Crippen molar-refractivity contribution in [3.8, 4) is 22.4 Å². The van der Waals surface area contributed by atoms with Crippen LogP contribution in [0.4, 0.5) is 0 Å². The quantitative estimate of drug-likeness (QED) is 0.516. The summed E-state index contributed by atoms with van der Waals surface area (Å²) in [7, 11) is 0. The maximum Gasteiger partial charge on any atom is 0.138 e. The SMILES string of the molecule is Clc1cccc(-c2c(-c3ccccc3)[nH]c3ncccc23)c1. The number of pyridine rings is 1. The number of hydrogen-bond donors (Lipinski definition) is 1. The molecule has 0 aliphatic carbocycles. The highest BCUT2D eigenvalue weighted by molar-refractivity contribution is 6.31. The number of nitrogens with zero attached hydrogens (tertiary/aromatic N) is 1. The predicted octanol–water partition coefficient (Wildman–Crippen LogP) is 5.55. The summed E-state index contributed by atoms with van der Waals surface area (Å²) >= 11 is 6.19. The van der Waals surface area contributed by atoms with Gasteiger partial charge in [0.25, 0.3) is 0 Å². The number of halogens is 1. The molecule has 0 spiro atoms. The average Bonchev–Trinajstić information content (AvgIpc) is 2.95. The van der Waals surface area contributed by atoms with Crippen LogP contribution in [0.15, 0.2) is 72.9 Å². The first kappa shape index (κ1) is 13.1. The summed E-state index contributed by atoms with van der Waals surface area (Å²) in [5, 5.41) is 1.83. The van der Waals surface area contributed by atoms with Crippen LogP contribution in [0.25, 0.3) is 33.4 Å². The van der Waals surface area contributed by atoms with Crippen molar-refractivity contribution < 1.29 is 0 Å². The van der Waals surface area contributed by atoms with Crippen LogP contribution in [0.3, 0.4) is 0 Å². The molecule has 0 aliphatic rings. The summed E-state index contributed by atoms with van der Waals surface area (Å²) < 4.78 is 0. The molecule has 0 bridgehead atoms. The molecule has 4 rings (SSSR count). The van der Waals surface area contributed by atoms with Crippen LogP contribution in [0, 0.1) is 0 Å². The first-order chi connectivity index (χ1) is 10.8. The van der Waals surface area contributed by atoms with E-state index in [1.54, 1.807) is 6.20 Å². The molecule has 2 aromatic heterocycles. The Morgan fingerprint density at radius 1 is 0.818 bits per heavy atom. The normalized spacial score (nSPS) is 11.0. The number of aromatic nitrogens is 2. The molecule has 0 amide bonds. The van der Waals surface area contributed by atoms with E-state index in [4.69, 9.17) is 11.6 Å². The van der Waals surface area contributed by atoms with E-state index < -0.39 is 0 Å². The number of rotatable bonds is 2. The second kappa shape index (κ2) is 5.32. The van der Waals surface area contributed by atoms with Gasteiger partial charge in [0.1, 0.15) is 5.65 Å². The standard InChI is InChI=1S/C19H13ClN2/c20-15-9-4-8-14(12-15)17-16-10-5-11-21-19(16)22-18(17)13-6-2-1-3-7-13/h1-12H,(H,21,22). The summed E-state index contributed by atoms with van der Waals surface area (Å²) in [6.07, 6.45) is 1.80. The highest BCUT2D eigenvalue weighted by Gasteiger charge is 2.15. The Balaban J connectivity index is 2.07. The minimum atomic E-state index is 0.731. The summed E-state index contributed by atoms with van der Waals surface area (Å²) in [5.41, 5.74) is 5.31. The van der Waals surface area contributed by atoms with Crippen molar-refractivity contribution >= 4 is 22.6 Å². The molecule has 0 unspecified atom stereocenters. The fourth-order valence-corrected chi connectivity index (χ4v) is 2.98. The number of fused-ring (bicyclic) bond motifs is 1. The minimum absolute atomic E-state index is 0.731. The first-order valence-corrected chi connectivity index (χ1v) is 7.49. The van der Waals surface area contributed by atoms with Gasteiger partial charge in [0, 0.05) is 22.2 Å². The van der Waals surface area contributed by atoms with E-state index in [0.717, 1.165) is 38.4 Å². The number of H-pyrrole nitrogens is 1. The van der Waals surface area contributed by atoms with Gasteiger partial charge in [0.2, 0.25) is 0 Å². The van der Waals surface area contributed by atoms with Gasteiger partial charge in [0.05, 0.1) is 5.69 Å². The lowest BCUT2D eigenvalue weighted by Crippen LogP contribution is -1.82. The van der Waals surface area contributed by atoms with E-state index >= 15 is 0 Å². The van der Waals surface area contributed by atoms with Gasteiger partial charge in [-0.25, -0.2) is 4.98 Å². The molecule has 0 radical (unpaired) electrons. The fourth-order valence-electron chi connectivity index (χ4n) is 2.79. The van der Waals surface area contributed by atoms with Gasteiger partial charge in [-0.2, -0.15) is 0 Å². The Labute approximate surface area is 133 Å². The van der Waals surface area contributed by atoms with Crippen LogP contribution in [0.2, 0.25) is 5.02 Å². The smallest absolute Gasteiger partial charge is 0.138 e. The van der Waals surface area contributed by atoms with E-state index in [2.05, 4.69) is 34.2 Å². The first-order valence-electron chi connectivity index (χ1n) is 7.11. The van der Waals surface area contributed by atoms with Gasteiger partial charge in [-0.1, -0.05) is 54.1 Å². The molecular formula is C19H13ClN2. The largest absolute Gasteiger partial charge is 0.339 e. The highest BCUT2D eigenvalue weighted by atomic mass is 35.5. The number of hydrogen-bond acceptors (Lipinski definition) is 1. The maximum absolute atomic E-state index is 6.19. The molecule has 0 fully saturated rings. The summed E-state index contributed by atoms with van der Waals surface area (Å²) in [4.78, 5) is 7.89. The molecule has 0 atom stereocenters. The molecule has 22 heavy (non-hydrogen) atoms. The molecule has 0 aliphatic heterocycles. The zero-order valence-electron chi connectivity index (χ0n) is 11.8. The molecular weight excluding hydrogens is 292 g/mol. The van der Waals surface area contributed by atoms with Crippen molar-refractivity contribution in [2.45, 2.75) is 0 Å². The third kappa shape index (κ3) is 2.18. The molecule has 0 saturated heterocycles. The predicted molar refractivity (Wildman–Crippen MR) is 92.0 cm³/mol. The Hall–Kier alpha value is -2.58. The molecule has 2 heterocycles. The number of benzene rings is 2. The summed E-state index contributed by atoms with van der Waals surface area (Å²) in [5.74, 6) is 0. The van der Waals surface area contributed by atoms with Crippen molar-refractivity contribution in [3.63, 3.8) is 0 Å². The van der Waals surface area contributed by atoms with Crippen LogP contribution >= 0.6 is 11.6 Å². The summed E-state index contributed by atoms with van der Waals surface area (Å²) in [6.45, 7) is 0. The second-order valence-electron chi connectivity index (χ2n) is 5.15. The van der Waals surface area contributed by atoms with Crippen LogP contribution in [-0.2, 0) is 0 Å². The van der Waals surface area contributed by atoms with Gasteiger partial charge in [-0.3, -0.25) is 0 Å². The van der Waals surface area contributed by atoms with Crippen molar-refractivity contribution in [1.82, 2.24) is 9.97 Å². The topological polar surface area (TPSA) is 28.7 Å². The molecule has 1 N–H and O–H groups in total. The van der Waals surface area contributed by atoms with Crippen molar-refractivity contribution in [2.24, 2.45) is 0 Å². The monoisotopic (exact) mass is 304 g/mol. The van der Waals surface area contributed by atoms with Crippen molar-refractivity contribution in [2.75, 3.05) is 0 Å². The number of aromatic amines is 1. The van der Waals surface area contributed by atoms with Crippen LogP contribution < -0.4 is 0 Å². The van der Waals surface area contributed by atoms with E-state index in [0.29, 0.717) is 0 Å². The van der Waals surface area contributed by atoms with E-state index in [9.17, 15) is 0 Å². The summed E-state index contributed by atoms with van der Waals surface area (Å²) in [6, 6.07) is 22.3. The van der Waals surface area contributed by atoms with Crippen molar-refractivity contribution in [1.29, 1.82) is 0 Å². The highest BCUT2D eigenvalue weighted by Crippen LogP contribution is 2.38. The Kier molecular flexibility index (Phi) is 3.17. The minimum Gasteiger partial charge on any atom is -0.339 e. The molecule has 3 heteroatoms. The third-order valence-corrected chi connectivity index (χ3v) is 3.98. The number of nitrogens with one attached hydrogen (secondary N) is 1. The van der Waals surface area contributed by atoms with E-state index in [1.165, 1.54) is 0 Å². The molecule has 0 saturated carbocycles. The zero-order chi connectivity index (χ0) is 14.9. The Bertz CT molecular complexity index is 942. The van der Waals surface area contributed by atoms with Crippen LogP contribution in [-0.4, -0.2) is 9.97 Å². The second-order valence-corrected chi connectivity index (χ2v) is 5.59. The third-order valence-electron chi connectivity index (χ3n) is 3.75. The van der Waals surface area contributed by atoms with Gasteiger partial charge in [-0.15, -0.1) is 0 Å².